The van der Waals surface area contributed by atoms with E-state index in [1.807, 2.05) is 48.5 Å². The summed E-state index contributed by atoms with van der Waals surface area (Å²) in [6.45, 7) is 11.1. The van der Waals surface area contributed by atoms with Gasteiger partial charge in [0.15, 0.2) is 6.61 Å². The number of carbonyl (C=O) groups is 2. The van der Waals surface area contributed by atoms with Crippen molar-refractivity contribution >= 4 is 27.7 Å². The number of hydrogen-bond donors (Lipinski definition) is 1. The Bertz CT molecular complexity index is 891. The largest absolute Gasteiger partial charge is 0.484 e. The highest BCUT2D eigenvalue weighted by molar-refractivity contribution is 9.10. The molecule has 0 heterocycles. The highest BCUT2D eigenvalue weighted by Gasteiger charge is 2.26. The lowest BCUT2D eigenvalue weighted by Crippen LogP contribution is -2.49. The van der Waals surface area contributed by atoms with Crippen LogP contribution in [-0.4, -0.2) is 35.9 Å². The van der Waals surface area contributed by atoms with E-state index in [2.05, 4.69) is 48.9 Å². The summed E-state index contributed by atoms with van der Waals surface area (Å²) in [6.07, 6.45) is 1.91. The van der Waals surface area contributed by atoms with Crippen LogP contribution in [0.15, 0.2) is 53.0 Å². The summed E-state index contributed by atoms with van der Waals surface area (Å²) in [6, 6.07) is 14.9. The van der Waals surface area contributed by atoms with Gasteiger partial charge < -0.3 is 15.0 Å². The van der Waals surface area contributed by atoms with E-state index in [-0.39, 0.29) is 23.8 Å². The van der Waals surface area contributed by atoms with Crippen LogP contribution >= 0.6 is 15.9 Å². The molecular weight excluding hydrogens is 468 g/mol. The van der Waals surface area contributed by atoms with Gasteiger partial charge in [-0.05, 0) is 54.2 Å². The molecule has 0 aromatic heterocycles. The van der Waals surface area contributed by atoms with Crippen LogP contribution < -0.4 is 10.1 Å². The molecule has 2 aromatic carbocycles. The molecular formula is C26H35BrN2O3. The number of carbonyl (C=O) groups excluding carboxylic acids is 2. The molecule has 0 saturated heterocycles. The van der Waals surface area contributed by atoms with Crippen LogP contribution in [0.5, 0.6) is 5.75 Å². The Hall–Kier alpha value is -2.34. The van der Waals surface area contributed by atoms with Gasteiger partial charge in [-0.25, -0.2) is 0 Å². The topological polar surface area (TPSA) is 58.6 Å². The van der Waals surface area contributed by atoms with Crippen LogP contribution in [0.25, 0.3) is 0 Å². The fraction of sp³-hybridized carbons (Fsp3) is 0.462. The van der Waals surface area contributed by atoms with E-state index in [0.29, 0.717) is 18.8 Å². The third-order valence-electron chi connectivity index (χ3n) is 5.32. The lowest BCUT2D eigenvalue weighted by molar-refractivity contribution is -0.142. The summed E-state index contributed by atoms with van der Waals surface area (Å²) < 4.78 is 6.70. The number of nitrogens with one attached hydrogen (secondary N) is 1. The van der Waals surface area contributed by atoms with Gasteiger partial charge in [0.25, 0.3) is 5.91 Å². The smallest absolute Gasteiger partial charge is 0.261 e. The first-order valence-corrected chi connectivity index (χ1v) is 12.0. The molecule has 2 amide bonds. The van der Waals surface area contributed by atoms with E-state index in [9.17, 15) is 9.59 Å². The SMILES string of the molecule is CCCCNC(=O)[C@H](C)N(Cc1cccc(Br)c1)C(=O)COc1ccc(C(C)(C)C)cc1. The normalized spacial score (nSPS) is 12.2. The standard InChI is InChI=1S/C26H35BrN2O3/c1-6-7-15-28-25(31)19(2)29(17-20-9-8-10-22(27)16-20)24(30)18-32-23-13-11-21(12-14-23)26(3,4)5/h8-14,16,19H,6-7,15,17-18H2,1-5H3,(H,28,31)/t19-/m0/s1. The second kappa shape index (κ2) is 12.0. The molecule has 0 saturated carbocycles. The van der Waals surface area contributed by atoms with Crippen LogP contribution in [0.2, 0.25) is 0 Å². The molecule has 1 N–H and O–H groups in total. The number of ether oxygens (including phenoxy) is 1. The number of hydrogen-bond acceptors (Lipinski definition) is 3. The van der Waals surface area contributed by atoms with Crippen molar-refractivity contribution in [2.45, 2.75) is 65.5 Å². The molecule has 32 heavy (non-hydrogen) atoms. The average molecular weight is 503 g/mol. The molecule has 0 spiro atoms. The van der Waals surface area contributed by atoms with E-state index in [4.69, 9.17) is 4.74 Å². The maximum Gasteiger partial charge on any atom is 0.261 e. The fourth-order valence-corrected chi connectivity index (χ4v) is 3.68. The summed E-state index contributed by atoms with van der Waals surface area (Å²) in [5.74, 6) is 0.244. The first-order valence-electron chi connectivity index (χ1n) is 11.2. The van der Waals surface area contributed by atoms with E-state index in [1.165, 1.54) is 5.56 Å². The summed E-state index contributed by atoms with van der Waals surface area (Å²) in [5, 5.41) is 2.93. The van der Waals surface area contributed by atoms with E-state index < -0.39 is 6.04 Å². The molecule has 0 aliphatic heterocycles. The molecule has 6 heteroatoms. The second-order valence-corrected chi connectivity index (χ2v) is 9.95. The molecule has 5 nitrogen and oxygen atoms in total. The number of nitrogens with zero attached hydrogens (tertiary/aromatic N) is 1. The minimum Gasteiger partial charge on any atom is -0.484 e. The van der Waals surface area contributed by atoms with Crippen molar-refractivity contribution < 1.29 is 14.3 Å². The lowest BCUT2D eigenvalue weighted by atomic mass is 9.87. The van der Waals surface area contributed by atoms with Gasteiger partial charge in [-0.1, -0.05) is 74.3 Å². The summed E-state index contributed by atoms with van der Waals surface area (Å²) in [5.41, 5.74) is 2.19. The van der Waals surface area contributed by atoms with Gasteiger partial charge in [0.1, 0.15) is 11.8 Å². The van der Waals surface area contributed by atoms with Gasteiger partial charge >= 0.3 is 0 Å². The van der Waals surface area contributed by atoms with Gasteiger partial charge in [0.05, 0.1) is 0 Å². The molecule has 2 rings (SSSR count). The van der Waals surface area contributed by atoms with E-state index >= 15 is 0 Å². The molecule has 0 bridgehead atoms. The first kappa shape index (κ1) is 25.9. The van der Waals surface area contributed by atoms with Crippen molar-refractivity contribution in [3.63, 3.8) is 0 Å². The molecule has 1 atom stereocenters. The number of benzene rings is 2. The highest BCUT2D eigenvalue weighted by atomic mass is 79.9. The Balaban J connectivity index is 2.11. The number of amides is 2. The summed E-state index contributed by atoms with van der Waals surface area (Å²) >= 11 is 3.47. The van der Waals surface area contributed by atoms with Crippen LogP contribution in [0.4, 0.5) is 0 Å². The van der Waals surface area contributed by atoms with Gasteiger partial charge in [-0.2, -0.15) is 0 Å². The molecule has 0 unspecified atom stereocenters. The average Bonchev–Trinajstić information content (AvgIpc) is 2.75. The predicted molar refractivity (Wildman–Crippen MR) is 133 cm³/mol. The van der Waals surface area contributed by atoms with E-state index in [1.54, 1.807) is 11.8 Å². The molecule has 2 aromatic rings. The highest BCUT2D eigenvalue weighted by Crippen LogP contribution is 2.24. The molecule has 0 aliphatic rings. The van der Waals surface area contributed by atoms with Crippen LogP contribution in [0.3, 0.4) is 0 Å². The Morgan fingerprint density at radius 2 is 1.81 bits per heavy atom. The van der Waals surface area contributed by atoms with Crippen LogP contribution in [0, 0.1) is 0 Å². The van der Waals surface area contributed by atoms with Crippen molar-refractivity contribution in [2.75, 3.05) is 13.2 Å². The Morgan fingerprint density at radius 3 is 2.41 bits per heavy atom. The van der Waals surface area contributed by atoms with E-state index in [0.717, 1.165) is 22.9 Å². The molecule has 0 radical (unpaired) electrons. The first-order chi connectivity index (χ1) is 15.1. The monoisotopic (exact) mass is 502 g/mol. The summed E-state index contributed by atoms with van der Waals surface area (Å²) in [7, 11) is 0. The number of rotatable bonds is 10. The van der Waals surface area contributed by atoms with Crippen molar-refractivity contribution in [1.29, 1.82) is 0 Å². The molecule has 0 fully saturated rings. The van der Waals surface area contributed by atoms with Crippen molar-refractivity contribution in [3.05, 3.63) is 64.1 Å². The molecule has 174 valence electrons. The minimum atomic E-state index is -0.606. The van der Waals surface area contributed by atoms with Gasteiger partial charge in [-0.15, -0.1) is 0 Å². The Kier molecular flexibility index (Phi) is 9.76. The van der Waals surface area contributed by atoms with Crippen LogP contribution in [-0.2, 0) is 21.5 Å². The quantitative estimate of drug-likeness (QED) is 0.438. The minimum absolute atomic E-state index is 0.0513. The Labute approximate surface area is 200 Å². The van der Waals surface area contributed by atoms with Crippen molar-refractivity contribution in [2.24, 2.45) is 0 Å². The van der Waals surface area contributed by atoms with Gasteiger partial charge in [0.2, 0.25) is 5.91 Å². The second-order valence-electron chi connectivity index (χ2n) is 9.04. The zero-order valence-electron chi connectivity index (χ0n) is 19.8. The predicted octanol–water partition coefficient (Wildman–Crippen LogP) is 5.46. The van der Waals surface area contributed by atoms with Crippen LogP contribution in [0.1, 0.15) is 58.6 Å². The Morgan fingerprint density at radius 1 is 1.12 bits per heavy atom. The number of unbranched alkanes of at least 4 members (excludes halogenated alkanes) is 1. The zero-order chi connectivity index (χ0) is 23.7. The maximum atomic E-state index is 13.1. The fourth-order valence-electron chi connectivity index (χ4n) is 3.23. The summed E-state index contributed by atoms with van der Waals surface area (Å²) in [4.78, 5) is 27.4. The van der Waals surface area contributed by atoms with Gasteiger partial charge in [0, 0.05) is 17.6 Å². The van der Waals surface area contributed by atoms with Crippen molar-refractivity contribution in [3.8, 4) is 5.75 Å². The lowest BCUT2D eigenvalue weighted by Gasteiger charge is -2.29. The van der Waals surface area contributed by atoms with Gasteiger partial charge in [-0.3, -0.25) is 9.59 Å². The third-order valence-corrected chi connectivity index (χ3v) is 5.81. The van der Waals surface area contributed by atoms with Crippen molar-refractivity contribution in [1.82, 2.24) is 10.2 Å². The zero-order valence-corrected chi connectivity index (χ0v) is 21.4. The maximum absolute atomic E-state index is 13.1. The molecule has 0 aliphatic carbocycles. The number of halogens is 1. The third kappa shape index (κ3) is 7.97.